The van der Waals surface area contributed by atoms with Gasteiger partial charge in [-0.15, -0.1) is 0 Å². The lowest BCUT2D eigenvalue weighted by Crippen LogP contribution is -2.21. The molecule has 0 aliphatic heterocycles. The molecule has 4 nitrogen and oxygen atoms in total. The zero-order chi connectivity index (χ0) is 15.7. The fourth-order valence-corrected chi connectivity index (χ4v) is 2.50. The summed E-state index contributed by atoms with van der Waals surface area (Å²) in [6, 6.07) is 11.8. The number of carbonyl (C=O) groups is 3. The van der Waals surface area contributed by atoms with Crippen molar-refractivity contribution < 1.29 is 19.1 Å². The van der Waals surface area contributed by atoms with Gasteiger partial charge in [0.25, 0.3) is 0 Å². The Morgan fingerprint density at radius 1 is 0.909 bits per heavy atom. The third kappa shape index (κ3) is 2.33. The molecule has 0 spiro atoms. The maximum atomic E-state index is 12.5. The summed E-state index contributed by atoms with van der Waals surface area (Å²) in [7, 11) is 0. The summed E-state index contributed by atoms with van der Waals surface area (Å²) in [4.78, 5) is 36.2. The van der Waals surface area contributed by atoms with Crippen molar-refractivity contribution >= 4 is 17.5 Å². The molecule has 2 aromatic carbocycles. The Kier molecular flexibility index (Phi) is 3.59. The zero-order valence-electron chi connectivity index (χ0n) is 12.1. The minimum Gasteiger partial charge on any atom is -0.461 e. The Morgan fingerprint density at radius 2 is 1.50 bits per heavy atom. The molecule has 0 bridgehead atoms. The van der Waals surface area contributed by atoms with Crippen molar-refractivity contribution in [1.82, 2.24) is 0 Å². The SMILES string of the molecule is CCC(=O)OCc1ccc2c(c1)C(=O)c1ccccc1C2=O. The Morgan fingerprint density at radius 3 is 2.14 bits per heavy atom. The highest BCUT2D eigenvalue weighted by molar-refractivity contribution is 6.28. The summed E-state index contributed by atoms with van der Waals surface area (Å²) in [5.74, 6) is -0.623. The van der Waals surface area contributed by atoms with Crippen LogP contribution in [-0.2, 0) is 16.1 Å². The number of benzene rings is 2. The number of esters is 1. The normalized spacial score (nSPS) is 12.6. The summed E-state index contributed by atoms with van der Waals surface area (Å²) >= 11 is 0. The lowest BCUT2D eigenvalue weighted by Gasteiger charge is -2.18. The van der Waals surface area contributed by atoms with Crippen molar-refractivity contribution in [2.75, 3.05) is 0 Å². The van der Waals surface area contributed by atoms with E-state index in [0.717, 1.165) is 0 Å². The largest absolute Gasteiger partial charge is 0.461 e. The summed E-state index contributed by atoms with van der Waals surface area (Å²) in [5, 5.41) is 0. The zero-order valence-corrected chi connectivity index (χ0v) is 12.1. The summed E-state index contributed by atoms with van der Waals surface area (Å²) in [6.07, 6.45) is 0.301. The molecule has 4 heteroatoms. The summed E-state index contributed by atoms with van der Waals surface area (Å²) in [6.45, 7) is 1.82. The average molecular weight is 294 g/mol. The highest BCUT2D eigenvalue weighted by atomic mass is 16.5. The first-order valence-electron chi connectivity index (χ1n) is 7.08. The molecule has 0 atom stereocenters. The summed E-state index contributed by atoms with van der Waals surface area (Å²) in [5.41, 5.74) is 2.32. The number of ether oxygens (including phenoxy) is 1. The van der Waals surface area contributed by atoms with Gasteiger partial charge >= 0.3 is 5.97 Å². The van der Waals surface area contributed by atoms with Crippen molar-refractivity contribution in [2.45, 2.75) is 20.0 Å². The molecule has 1 aliphatic carbocycles. The molecule has 0 amide bonds. The third-order valence-corrected chi connectivity index (χ3v) is 3.68. The van der Waals surface area contributed by atoms with Crippen LogP contribution in [0.15, 0.2) is 42.5 Å². The molecule has 3 rings (SSSR count). The van der Waals surface area contributed by atoms with Gasteiger partial charge in [-0.25, -0.2) is 0 Å². The van der Waals surface area contributed by atoms with E-state index in [1.54, 1.807) is 49.4 Å². The molecule has 0 aromatic heterocycles. The second kappa shape index (κ2) is 5.56. The Labute approximate surface area is 127 Å². The van der Waals surface area contributed by atoms with Crippen LogP contribution < -0.4 is 0 Å². The van der Waals surface area contributed by atoms with Crippen molar-refractivity contribution in [2.24, 2.45) is 0 Å². The number of hydrogen-bond donors (Lipinski definition) is 0. The first-order valence-corrected chi connectivity index (χ1v) is 7.08. The quantitative estimate of drug-likeness (QED) is 0.697. The van der Waals surface area contributed by atoms with Crippen LogP contribution in [0.5, 0.6) is 0 Å². The Bertz CT molecular complexity index is 789. The highest BCUT2D eigenvalue weighted by Crippen LogP contribution is 2.28. The lowest BCUT2D eigenvalue weighted by atomic mass is 9.83. The van der Waals surface area contributed by atoms with Gasteiger partial charge in [0, 0.05) is 28.7 Å². The van der Waals surface area contributed by atoms with Crippen LogP contribution in [0.1, 0.15) is 50.8 Å². The number of hydrogen-bond acceptors (Lipinski definition) is 4. The Hall–Kier alpha value is -2.75. The topological polar surface area (TPSA) is 60.4 Å². The van der Waals surface area contributed by atoms with Crippen LogP contribution in [0, 0.1) is 0 Å². The molecule has 1 aliphatic rings. The second-order valence-electron chi connectivity index (χ2n) is 5.10. The second-order valence-corrected chi connectivity index (χ2v) is 5.10. The van der Waals surface area contributed by atoms with Crippen LogP contribution in [0.2, 0.25) is 0 Å². The molecular weight excluding hydrogens is 280 g/mol. The van der Waals surface area contributed by atoms with E-state index in [9.17, 15) is 14.4 Å². The molecule has 110 valence electrons. The van der Waals surface area contributed by atoms with Crippen molar-refractivity contribution in [3.63, 3.8) is 0 Å². The number of ketones is 2. The molecular formula is C18H14O4. The van der Waals surface area contributed by atoms with Crippen LogP contribution in [-0.4, -0.2) is 17.5 Å². The highest BCUT2D eigenvalue weighted by Gasteiger charge is 2.29. The predicted octanol–water partition coefficient (Wildman–Crippen LogP) is 2.92. The third-order valence-electron chi connectivity index (χ3n) is 3.68. The van der Waals surface area contributed by atoms with Gasteiger partial charge in [-0.05, 0) is 17.7 Å². The average Bonchev–Trinajstić information content (AvgIpc) is 2.57. The van der Waals surface area contributed by atoms with Gasteiger partial charge in [0.15, 0.2) is 11.6 Å². The molecule has 2 aromatic rings. The number of rotatable bonds is 3. The fourth-order valence-electron chi connectivity index (χ4n) is 2.50. The lowest BCUT2D eigenvalue weighted by molar-refractivity contribution is -0.144. The maximum Gasteiger partial charge on any atom is 0.305 e. The molecule has 0 fully saturated rings. The standard InChI is InChI=1S/C18H14O4/c1-2-16(19)22-10-11-7-8-14-15(9-11)18(21)13-6-4-3-5-12(13)17(14)20/h3-9H,2,10H2,1H3. The van der Waals surface area contributed by atoms with E-state index in [0.29, 0.717) is 34.2 Å². The molecule has 0 saturated heterocycles. The smallest absolute Gasteiger partial charge is 0.305 e. The van der Waals surface area contributed by atoms with E-state index in [4.69, 9.17) is 4.74 Å². The van der Waals surface area contributed by atoms with Gasteiger partial charge in [0.05, 0.1) is 0 Å². The molecule has 22 heavy (non-hydrogen) atoms. The first-order chi connectivity index (χ1) is 10.6. The fraction of sp³-hybridized carbons (Fsp3) is 0.167. The molecule has 0 N–H and O–H groups in total. The van der Waals surface area contributed by atoms with Crippen LogP contribution >= 0.6 is 0 Å². The first kappa shape index (κ1) is 14.2. The molecule has 0 saturated carbocycles. The van der Waals surface area contributed by atoms with E-state index in [-0.39, 0.29) is 24.1 Å². The Balaban J connectivity index is 1.97. The van der Waals surface area contributed by atoms with Crippen molar-refractivity contribution in [1.29, 1.82) is 0 Å². The van der Waals surface area contributed by atoms with E-state index >= 15 is 0 Å². The minimum absolute atomic E-state index is 0.100. The molecule has 0 heterocycles. The van der Waals surface area contributed by atoms with Crippen molar-refractivity contribution in [3.05, 3.63) is 70.3 Å². The molecule has 0 unspecified atom stereocenters. The van der Waals surface area contributed by atoms with E-state index in [1.165, 1.54) is 0 Å². The predicted molar refractivity (Wildman–Crippen MR) is 79.8 cm³/mol. The van der Waals surface area contributed by atoms with Gasteiger partial charge in [-0.2, -0.15) is 0 Å². The van der Waals surface area contributed by atoms with Crippen LogP contribution in [0.25, 0.3) is 0 Å². The van der Waals surface area contributed by atoms with Crippen molar-refractivity contribution in [3.8, 4) is 0 Å². The monoisotopic (exact) mass is 294 g/mol. The maximum absolute atomic E-state index is 12.5. The van der Waals surface area contributed by atoms with Gasteiger partial charge in [-0.1, -0.05) is 37.3 Å². The van der Waals surface area contributed by atoms with Gasteiger partial charge in [-0.3, -0.25) is 14.4 Å². The van der Waals surface area contributed by atoms with E-state index < -0.39 is 0 Å². The molecule has 0 radical (unpaired) electrons. The van der Waals surface area contributed by atoms with Crippen LogP contribution in [0.4, 0.5) is 0 Å². The number of carbonyl (C=O) groups excluding carboxylic acids is 3. The van der Waals surface area contributed by atoms with E-state index in [2.05, 4.69) is 0 Å². The van der Waals surface area contributed by atoms with Gasteiger partial charge in [0.2, 0.25) is 0 Å². The number of fused-ring (bicyclic) bond motifs is 2. The van der Waals surface area contributed by atoms with Crippen LogP contribution in [0.3, 0.4) is 0 Å². The van der Waals surface area contributed by atoms with Gasteiger partial charge < -0.3 is 4.74 Å². The minimum atomic E-state index is -0.300. The van der Waals surface area contributed by atoms with Gasteiger partial charge in [0.1, 0.15) is 6.61 Å². The summed E-state index contributed by atoms with van der Waals surface area (Å²) < 4.78 is 5.06. The van der Waals surface area contributed by atoms with E-state index in [1.807, 2.05) is 0 Å².